The van der Waals surface area contributed by atoms with Gasteiger partial charge >= 0.3 is 0 Å². The van der Waals surface area contributed by atoms with Crippen LogP contribution in [-0.2, 0) is 11.3 Å². The summed E-state index contributed by atoms with van der Waals surface area (Å²) in [4.78, 5) is 11.7. The fourth-order valence-electron chi connectivity index (χ4n) is 1.66. The lowest BCUT2D eigenvalue weighted by Crippen LogP contribution is -2.24. The average Bonchev–Trinajstić information content (AvgIpc) is 2.46. The van der Waals surface area contributed by atoms with Crippen molar-refractivity contribution in [1.82, 2.24) is 5.32 Å². The van der Waals surface area contributed by atoms with Crippen molar-refractivity contribution in [3.05, 3.63) is 35.4 Å². The van der Waals surface area contributed by atoms with E-state index in [0.717, 1.165) is 17.5 Å². The summed E-state index contributed by atoms with van der Waals surface area (Å²) < 4.78 is 0. The molecule has 1 aromatic rings. The first-order valence-corrected chi connectivity index (χ1v) is 7.11. The van der Waals surface area contributed by atoms with E-state index in [1.54, 1.807) is 0 Å². The highest BCUT2D eigenvalue weighted by atomic mass is 16.2. The SMILES string of the molecule is CCC(C)CC(=O)NCc1ccc(C#CCCO)cc1. The third kappa shape index (κ3) is 6.40. The number of hydrogen-bond acceptors (Lipinski definition) is 2. The number of rotatable bonds is 6. The normalized spacial score (nSPS) is 11.3. The Morgan fingerprint density at radius 1 is 1.35 bits per heavy atom. The predicted molar refractivity (Wildman–Crippen MR) is 80.9 cm³/mol. The highest BCUT2D eigenvalue weighted by Crippen LogP contribution is 2.07. The van der Waals surface area contributed by atoms with Crippen LogP contribution in [0.4, 0.5) is 0 Å². The Kier molecular flexibility index (Phi) is 7.46. The molecule has 0 saturated carbocycles. The van der Waals surface area contributed by atoms with Crippen LogP contribution in [0.2, 0.25) is 0 Å². The van der Waals surface area contributed by atoms with Gasteiger partial charge in [0.1, 0.15) is 0 Å². The van der Waals surface area contributed by atoms with Gasteiger partial charge in [-0.2, -0.15) is 0 Å². The smallest absolute Gasteiger partial charge is 0.220 e. The van der Waals surface area contributed by atoms with Gasteiger partial charge < -0.3 is 10.4 Å². The highest BCUT2D eigenvalue weighted by molar-refractivity contribution is 5.76. The first kappa shape index (κ1) is 16.3. The van der Waals surface area contributed by atoms with Crippen LogP contribution in [0.3, 0.4) is 0 Å². The van der Waals surface area contributed by atoms with Gasteiger partial charge in [0.05, 0.1) is 6.61 Å². The number of amides is 1. The monoisotopic (exact) mass is 273 g/mol. The van der Waals surface area contributed by atoms with Crippen LogP contribution in [0.5, 0.6) is 0 Å². The van der Waals surface area contributed by atoms with Gasteiger partial charge in [-0.3, -0.25) is 4.79 Å². The minimum absolute atomic E-state index is 0.0906. The molecule has 1 rings (SSSR count). The zero-order valence-electron chi connectivity index (χ0n) is 12.3. The zero-order valence-corrected chi connectivity index (χ0v) is 12.3. The van der Waals surface area contributed by atoms with Crippen LogP contribution < -0.4 is 5.32 Å². The van der Waals surface area contributed by atoms with Crippen molar-refractivity contribution >= 4 is 5.91 Å². The Morgan fingerprint density at radius 2 is 2.05 bits per heavy atom. The van der Waals surface area contributed by atoms with Crippen molar-refractivity contribution in [2.75, 3.05) is 6.61 Å². The molecular weight excluding hydrogens is 250 g/mol. The van der Waals surface area contributed by atoms with Gasteiger partial charge in [-0.1, -0.05) is 44.2 Å². The minimum Gasteiger partial charge on any atom is -0.395 e. The largest absolute Gasteiger partial charge is 0.395 e. The topological polar surface area (TPSA) is 49.3 Å². The molecule has 2 N–H and O–H groups in total. The average molecular weight is 273 g/mol. The number of hydrogen-bond donors (Lipinski definition) is 2. The fraction of sp³-hybridized carbons (Fsp3) is 0.471. The van der Waals surface area contributed by atoms with Crippen molar-refractivity contribution in [2.24, 2.45) is 5.92 Å². The van der Waals surface area contributed by atoms with E-state index in [1.807, 2.05) is 24.3 Å². The second-order valence-electron chi connectivity index (χ2n) is 4.97. The van der Waals surface area contributed by atoms with Gasteiger partial charge in [-0.25, -0.2) is 0 Å². The number of nitrogens with one attached hydrogen (secondary N) is 1. The van der Waals surface area contributed by atoms with Gasteiger partial charge in [-0.15, -0.1) is 0 Å². The zero-order chi connectivity index (χ0) is 14.8. The van der Waals surface area contributed by atoms with E-state index in [1.165, 1.54) is 0 Å². The molecular formula is C17H23NO2. The van der Waals surface area contributed by atoms with Crippen LogP contribution in [0.25, 0.3) is 0 Å². The van der Waals surface area contributed by atoms with Crippen molar-refractivity contribution < 1.29 is 9.90 Å². The Hall–Kier alpha value is -1.79. The van der Waals surface area contributed by atoms with Gasteiger partial charge in [0.2, 0.25) is 5.91 Å². The molecule has 1 amide bonds. The molecule has 0 heterocycles. The van der Waals surface area contributed by atoms with Crippen LogP contribution in [0, 0.1) is 17.8 Å². The summed E-state index contributed by atoms with van der Waals surface area (Å²) in [6, 6.07) is 7.79. The first-order chi connectivity index (χ1) is 9.65. The Bertz CT molecular complexity index is 468. The maximum Gasteiger partial charge on any atom is 0.220 e. The summed E-state index contributed by atoms with van der Waals surface area (Å²) in [7, 11) is 0. The second kappa shape index (κ2) is 9.17. The fourth-order valence-corrected chi connectivity index (χ4v) is 1.66. The molecule has 1 atom stereocenters. The van der Waals surface area contributed by atoms with Gasteiger partial charge in [0.15, 0.2) is 0 Å². The number of aliphatic hydroxyl groups is 1. The lowest BCUT2D eigenvalue weighted by Gasteiger charge is -2.09. The molecule has 0 saturated heterocycles. The molecule has 0 fully saturated rings. The molecule has 3 heteroatoms. The van der Waals surface area contributed by atoms with Gasteiger partial charge in [0, 0.05) is 24.9 Å². The van der Waals surface area contributed by atoms with Crippen molar-refractivity contribution in [3.8, 4) is 11.8 Å². The molecule has 0 bridgehead atoms. The minimum atomic E-state index is 0.0906. The molecule has 20 heavy (non-hydrogen) atoms. The molecule has 0 aliphatic carbocycles. The van der Waals surface area contributed by atoms with Crippen LogP contribution in [0.1, 0.15) is 44.2 Å². The van der Waals surface area contributed by atoms with E-state index in [2.05, 4.69) is 31.0 Å². The van der Waals surface area contributed by atoms with Crippen LogP contribution in [-0.4, -0.2) is 17.6 Å². The Morgan fingerprint density at radius 3 is 2.65 bits per heavy atom. The van der Waals surface area contributed by atoms with Crippen LogP contribution >= 0.6 is 0 Å². The van der Waals surface area contributed by atoms with Crippen molar-refractivity contribution in [3.63, 3.8) is 0 Å². The predicted octanol–water partition coefficient (Wildman–Crippen LogP) is 2.47. The van der Waals surface area contributed by atoms with E-state index in [4.69, 9.17) is 5.11 Å². The van der Waals surface area contributed by atoms with Crippen LogP contribution in [0.15, 0.2) is 24.3 Å². The number of carbonyl (C=O) groups excluding carboxylic acids is 1. The van der Waals surface area contributed by atoms with Crippen molar-refractivity contribution in [1.29, 1.82) is 0 Å². The third-order valence-corrected chi connectivity index (χ3v) is 3.14. The maximum atomic E-state index is 11.7. The molecule has 1 unspecified atom stereocenters. The summed E-state index contributed by atoms with van der Waals surface area (Å²) in [5.41, 5.74) is 1.99. The van der Waals surface area contributed by atoms with E-state index in [9.17, 15) is 4.79 Å². The number of carbonyl (C=O) groups is 1. The Balaban J connectivity index is 2.42. The first-order valence-electron chi connectivity index (χ1n) is 7.11. The highest BCUT2D eigenvalue weighted by Gasteiger charge is 2.06. The summed E-state index contributed by atoms with van der Waals surface area (Å²) >= 11 is 0. The summed E-state index contributed by atoms with van der Waals surface area (Å²) in [5.74, 6) is 6.39. The number of benzene rings is 1. The lowest BCUT2D eigenvalue weighted by molar-refractivity contribution is -0.122. The molecule has 0 radical (unpaired) electrons. The summed E-state index contributed by atoms with van der Waals surface area (Å²) in [6.07, 6.45) is 2.10. The molecule has 0 aromatic heterocycles. The quantitative estimate of drug-likeness (QED) is 0.782. The van der Waals surface area contributed by atoms with E-state index in [-0.39, 0.29) is 12.5 Å². The standard InChI is InChI=1S/C17H23NO2/c1-3-14(2)12-17(20)18-13-16-9-7-15(8-10-16)6-4-5-11-19/h7-10,14,19H,3,5,11-13H2,1-2H3,(H,18,20). The number of aliphatic hydroxyl groups excluding tert-OH is 1. The van der Waals surface area contributed by atoms with E-state index >= 15 is 0 Å². The molecule has 108 valence electrons. The van der Waals surface area contributed by atoms with E-state index < -0.39 is 0 Å². The molecule has 0 aliphatic heterocycles. The van der Waals surface area contributed by atoms with Gasteiger partial charge in [0.25, 0.3) is 0 Å². The Labute approximate surface area is 121 Å². The maximum absolute atomic E-state index is 11.7. The lowest BCUT2D eigenvalue weighted by atomic mass is 10.0. The molecule has 0 aliphatic rings. The molecule has 3 nitrogen and oxygen atoms in total. The molecule has 1 aromatic carbocycles. The summed E-state index contributed by atoms with van der Waals surface area (Å²) in [5, 5.41) is 11.6. The van der Waals surface area contributed by atoms with E-state index in [0.29, 0.717) is 25.3 Å². The molecule has 0 spiro atoms. The van der Waals surface area contributed by atoms with Gasteiger partial charge in [-0.05, 0) is 23.6 Å². The van der Waals surface area contributed by atoms with Crippen molar-refractivity contribution in [2.45, 2.75) is 39.7 Å². The second-order valence-corrected chi connectivity index (χ2v) is 4.97. The third-order valence-electron chi connectivity index (χ3n) is 3.14. The summed E-state index contributed by atoms with van der Waals surface area (Å²) in [6.45, 7) is 4.82.